The van der Waals surface area contributed by atoms with Crippen molar-refractivity contribution >= 4 is 29.4 Å². The molecule has 0 aliphatic carbocycles. The van der Waals surface area contributed by atoms with E-state index in [0.717, 1.165) is 87.9 Å². The molecule has 1 N–H and O–H groups in total. The van der Waals surface area contributed by atoms with Gasteiger partial charge in [0.1, 0.15) is 5.82 Å². The average molecular weight is 474 g/mol. The van der Waals surface area contributed by atoms with Crippen molar-refractivity contribution in [3.8, 4) is 0 Å². The number of hydrogen-bond acceptors (Lipinski definition) is 5. The van der Waals surface area contributed by atoms with Gasteiger partial charge in [-0.25, -0.2) is 9.37 Å². The zero-order chi connectivity index (χ0) is 21.8. The average Bonchev–Trinajstić information content (AvgIpc) is 3.17. The zero-order valence-electron chi connectivity index (χ0n) is 19.0. The highest BCUT2D eigenvalue weighted by atomic mass is 35.5. The number of piperidine rings is 1. The van der Waals surface area contributed by atoms with Crippen LogP contribution >= 0.6 is 12.4 Å². The summed E-state index contributed by atoms with van der Waals surface area (Å²) in [5, 5.41) is 3.72. The van der Waals surface area contributed by atoms with Crippen LogP contribution in [0.3, 0.4) is 0 Å². The quantitative estimate of drug-likeness (QED) is 0.564. The lowest BCUT2D eigenvalue weighted by Gasteiger charge is -2.35. The van der Waals surface area contributed by atoms with Gasteiger partial charge in [0.2, 0.25) is 5.95 Å². The van der Waals surface area contributed by atoms with E-state index in [1.807, 2.05) is 24.3 Å². The summed E-state index contributed by atoms with van der Waals surface area (Å²) in [5.74, 6) is 0.699. The van der Waals surface area contributed by atoms with Crippen molar-refractivity contribution in [2.24, 2.45) is 0 Å². The number of aromatic nitrogens is 2. The van der Waals surface area contributed by atoms with Gasteiger partial charge in [-0.1, -0.05) is 24.3 Å². The van der Waals surface area contributed by atoms with Crippen molar-refractivity contribution in [1.29, 1.82) is 0 Å². The van der Waals surface area contributed by atoms with Crippen molar-refractivity contribution in [1.82, 2.24) is 19.4 Å². The fourth-order valence-electron chi connectivity index (χ4n) is 4.71. The number of hydrogen-bond donors (Lipinski definition) is 1. The number of anilines is 1. The Morgan fingerprint density at radius 2 is 1.58 bits per heavy atom. The molecular formula is C25H33ClFN5O. The summed E-state index contributed by atoms with van der Waals surface area (Å²) in [6.07, 6.45) is 2.23. The molecule has 0 saturated carbocycles. The van der Waals surface area contributed by atoms with Crippen molar-refractivity contribution in [3.63, 3.8) is 0 Å². The lowest BCUT2D eigenvalue weighted by atomic mass is 10.1. The van der Waals surface area contributed by atoms with Crippen LogP contribution in [0.15, 0.2) is 48.5 Å². The second kappa shape index (κ2) is 11.3. The van der Waals surface area contributed by atoms with Gasteiger partial charge in [0.15, 0.2) is 0 Å². The normalized spacial score (nSPS) is 18.3. The molecule has 3 heterocycles. The van der Waals surface area contributed by atoms with Gasteiger partial charge in [-0.2, -0.15) is 0 Å². The predicted octanol–water partition coefficient (Wildman–Crippen LogP) is 3.85. The van der Waals surface area contributed by atoms with Crippen LogP contribution in [0.1, 0.15) is 18.4 Å². The smallest absolute Gasteiger partial charge is 0.204 e. The summed E-state index contributed by atoms with van der Waals surface area (Å²) in [6, 6.07) is 15.4. The first-order chi connectivity index (χ1) is 15.7. The number of fused-ring (bicyclic) bond motifs is 1. The molecule has 33 heavy (non-hydrogen) atoms. The van der Waals surface area contributed by atoms with E-state index in [1.54, 1.807) is 0 Å². The van der Waals surface area contributed by atoms with Crippen LogP contribution in [-0.4, -0.2) is 77.9 Å². The van der Waals surface area contributed by atoms with Crippen LogP contribution in [0.4, 0.5) is 10.3 Å². The molecule has 2 fully saturated rings. The van der Waals surface area contributed by atoms with E-state index in [0.29, 0.717) is 12.6 Å². The van der Waals surface area contributed by atoms with Gasteiger partial charge in [0.05, 0.1) is 30.8 Å². The molecule has 0 amide bonds. The van der Waals surface area contributed by atoms with E-state index in [4.69, 9.17) is 9.72 Å². The maximum atomic E-state index is 13.4. The monoisotopic (exact) mass is 473 g/mol. The molecular weight excluding hydrogens is 441 g/mol. The van der Waals surface area contributed by atoms with E-state index < -0.39 is 0 Å². The Kier molecular flexibility index (Phi) is 8.20. The minimum atomic E-state index is -0.206. The van der Waals surface area contributed by atoms with Crippen molar-refractivity contribution in [2.75, 3.05) is 57.8 Å². The van der Waals surface area contributed by atoms with E-state index in [1.165, 1.54) is 12.1 Å². The maximum Gasteiger partial charge on any atom is 0.204 e. The predicted molar refractivity (Wildman–Crippen MR) is 133 cm³/mol. The van der Waals surface area contributed by atoms with Crippen LogP contribution in [0.25, 0.3) is 11.0 Å². The molecule has 2 aliphatic rings. The Labute approximate surface area is 201 Å². The van der Waals surface area contributed by atoms with Gasteiger partial charge in [0.25, 0.3) is 0 Å². The number of halogens is 2. The van der Waals surface area contributed by atoms with Crippen LogP contribution in [0.2, 0.25) is 0 Å². The Bertz CT molecular complexity index is 1010. The maximum absolute atomic E-state index is 13.4. The van der Waals surface area contributed by atoms with Gasteiger partial charge < -0.3 is 19.5 Å². The molecule has 2 aromatic carbocycles. The number of para-hydroxylation sites is 2. The highest BCUT2D eigenvalue weighted by Gasteiger charge is 2.22. The van der Waals surface area contributed by atoms with Crippen LogP contribution in [0, 0.1) is 5.82 Å². The van der Waals surface area contributed by atoms with Gasteiger partial charge in [-0.15, -0.1) is 12.4 Å². The number of benzene rings is 2. The lowest BCUT2D eigenvalue weighted by molar-refractivity contribution is 0.0322. The second-order valence-electron chi connectivity index (χ2n) is 8.85. The minimum absolute atomic E-state index is 0. The number of ether oxygens (including phenoxy) is 1. The molecule has 6 nitrogen and oxygen atoms in total. The first-order valence-corrected chi connectivity index (χ1v) is 11.7. The summed E-state index contributed by atoms with van der Waals surface area (Å²) in [7, 11) is 0. The second-order valence-corrected chi connectivity index (χ2v) is 8.85. The fourth-order valence-corrected chi connectivity index (χ4v) is 4.71. The lowest BCUT2D eigenvalue weighted by Crippen LogP contribution is -2.45. The Morgan fingerprint density at radius 1 is 0.909 bits per heavy atom. The fraction of sp³-hybridized carbons (Fsp3) is 0.480. The molecule has 2 saturated heterocycles. The molecule has 8 heteroatoms. The van der Waals surface area contributed by atoms with Crippen LogP contribution in [-0.2, 0) is 11.3 Å². The summed E-state index contributed by atoms with van der Waals surface area (Å²) in [6.45, 7) is 9.01. The molecule has 2 aliphatic heterocycles. The number of morpholine rings is 1. The summed E-state index contributed by atoms with van der Waals surface area (Å²) in [4.78, 5) is 9.97. The molecule has 0 unspecified atom stereocenters. The van der Waals surface area contributed by atoms with Gasteiger partial charge in [-0.3, -0.25) is 4.90 Å². The summed E-state index contributed by atoms with van der Waals surface area (Å²) in [5.41, 5.74) is 3.15. The first-order valence-electron chi connectivity index (χ1n) is 11.7. The SMILES string of the molecule is Cl.Fc1ccc(Cn2c(NC3CCN(CCN4CCOCC4)CC3)nc3ccccc32)cc1. The van der Waals surface area contributed by atoms with E-state index in [9.17, 15) is 4.39 Å². The Balaban J connectivity index is 0.00000259. The first kappa shape index (κ1) is 24.0. The molecule has 0 radical (unpaired) electrons. The summed E-state index contributed by atoms with van der Waals surface area (Å²) >= 11 is 0. The number of nitrogens with zero attached hydrogens (tertiary/aromatic N) is 4. The van der Waals surface area contributed by atoms with Crippen LogP contribution in [0.5, 0.6) is 0 Å². The number of likely N-dealkylation sites (tertiary alicyclic amines) is 1. The third-order valence-corrected chi connectivity index (χ3v) is 6.67. The van der Waals surface area contributed by atoms with Crippen molar-refractivity contribution in [2.45, 2.75) is 25.4 Å². The largest absolute Gasteiger partial charge is 0.379 e. The van der Waals surface area contributed by atoms with E-state index in [-0.39, 0.29) is 18.2 Å². The molecule has 178 valence electrons. The van der Waals surface area contributed by atoms with Gasteiger partial charge in [-0.05, 0) is 42.7 Å². The van der Waals surface area contributed by atoms with Crippen molar-refractivity contribution in [3.05, 3.63) is 59.9 Å². The highest BCUT2D eigenvalue weighted by molar-refractivity contribution is 5.85. The van der Waals surface area contributed by atoms with Gasteiger partial charge >= 0.3 is 0 Å². The molecule has 3 aromatic rings. The number of rotatable bonds is 7. The molecule has 1 aromatic heterocycles. The third-order valence-electron chi connectivity index (χ3n) is 6.67. The van der Waals surface area contributed by atoms with Crippen LogP contribution < -0.4 is 5.32 Å². The number of imidazole rings is 1. The Morgan fingerprint density at radius 3 is 2.30 bits per heavy atom. The standard InChI is InChI=1S/C25H32FN5O.ClH/c26-21-7-5-20(6-8-21)19-31-24-4-2-1-3-23(24)28-25(31)27-22-9-11-29(12-10-22)13-14-30-15-17-32-18-16-30;/h1-8,22H,9-19H2,(H,27,28);1H. The minimum Gasteiger partial charge on any atom is -0.379 e. The highest BCUT2D eigenvalue weighted by Crippen LogP contribution is 2.24. The molecule has 5 rings (SSSR count). The summed E-state index contributed by atoms with van der Waals surface area (Å²) < 4.78 is 21.0. The van der Waals surface area contributed by atoms with Crippen molar-refractivity contribution < 1.29 is 9.13 Å². The van der Waals surface area contributed by atoms with E-state index >= 15 is 0 Å². The third kappa shape index (κ3) is 6.03. The Hall–Kier alpha value is -2.19. The molecule has 0 spiro atoms. The van der Waals surface area contributed by atoms with E-state index in [2.05, 4.69) is 31.8 Å². The number of nitrogens with one attached hydrogen (secondary N) is 1. The topological polar surface area (TPSA) is 45.6 Å². The molecule has 0 atom stereocenters. The van der Waals surface area contributed by atoms with Gasteiger partial charge in [0, 0.05) is 45.3 Å². The molecule has 0 bridgehead atoms. The zero-order valence-corrected chi connectivity index (χ0v) is 19.8.